The van der Waals surface area contributed by atoms with Crippen molar-refractivity contribution in [2.45, 2.75) is 45.3 Å². The number of aliphatic hydroxyl groups excluding tert-OH is 1. The maximum atomic E-state index is 9.41. The van der Waals surface area contributed by atoms with E-state index in [-0.39, 0.29) is 6.23 Å². The van der Waals surface area contributed by atoms with Gasteiger partial charge in [0.2, 0.25) is 0 Å². The maximum Gasteiger partial charge on any atom is 0.107 e. The molecule has 1 atom stereocenters. The summed E-state index contributed by atoms with van der Waals surface area (Å²) in [7, 11) is 0. The minimum atomic E-state index is -0.133. The third-order valence-electron chi connectivity index (χ3n) is 2.38. The lowest BCUT2D eigenvalue weighted by atomic mass is 10.2. The predicted octanol–water partition coefficient (Wildman–Crippen LogP) is 1.59. The first kappa shape index (κ1) is 9.01. The fourth-order valence-electron chi connectivity index (χ4n) is 1.63. The average molecular weight is 157 g/mol. The van der Waals surface area contributed by atoms with Gasteiger partial charge in [0.25, 0.3) is 0 Å². The Morgan fingerprint density at radius 1 is 1.45 bits per heavy atom. The maximum absolute atomic E-state index is 9.41. The van der Waals surface area contributed by atoms with E-state index < -0.39 is 0 Å². The molecule has 0 aromatic carbocycles. The smallest absolute Gasteiger partial charge is 0.107 e. The Bertz CT molecular complexity index is 106. The Morgan fingerprint density at radius 2 is 2.27 bits per heavy atom. The zero-order valence-corrected chi connectivity index (χ0v) is 7.42. The number of nitrogens with zero attached hydrogens (tertiary/aromatic N) is 1. The first-order valence-corrected chi connectivity index (χ1v) is 4.76. The first-order chi connectivity index (χ1) is 5.34. The van der Waals surface area contributed by atoms with E-state index in [1.165, 1.54) is 25.7 Å². The van der Waals surface area contributed by atoms with Crippen LogP contribution in [0.1, 0.15) is 39.0 Å². The van der Waals surface area contributed by atoms with Crippen molar-refractivity contribution >= 4 is 0 Å². The number of rotatable bonds is 4. The molecule has 0 radical (unpaired) electrons. The first-order valence-electron chi connectivity index (χ1n) is 4.76. The van der Waals surface area contributed by atoms with E-state index in [2.05, 4.69) is 11.8 Å². The van der Waals surface area contributed by atoms with Gasteiger partial charge < -0.3 is 5.11 Å². The van der Waals surface area contributed by atoms with Gasteiger partial charge in [0.15, 0.2) is 0 Å². The molecular weight excluding hydrogens is 138 g/mol. The second-order valence-electron chi connectivity index (χ2n) is 3.37. The molecule has 1 unspecified atom stereocenters. The summed E-state index contributed by atoms with van der Waals surface area (Å²) in [5.41, 5.74) is 0. The van der Waals surface area contributed by atoms with E-state index in [0.29, 0.717) is 0 Å². The molecule has 1 saturated heterocycles. The van der Waals surface area contributed by atoms with Crippen LogP contribution in [0.5, 0.6) is 0 Å². The zero-order chi connectivity index (χ0) is 8.10. The second kappa shape index (κ2) is 4.73. The van der Waals surface area contributed by atoms with Crippen LogP contribution in [-0.4, -0.2) is 29.3 Å². The van der Waals surface area contributed by atoms with E-state index in [4.69, 9.17) is 0 Å². The quantitative estimate of drug-likeness (QED) is 0.626. The fraction of sp³-hybridized carbons (Fsp3) is 1.00. The number of hydrogen-bond donors (Lipinski definition) is 1. The molecule has 0 spiro atoms. The summed E-state index contributed by atoms with van der Waals surface area (Å²) in [6.45, 7) is 4.40. The molecule has 2 heteroatoms. The van der Waals surface area contributed by atoms with E-state index in [9.17, 15) is 5.11 Å². The molecule has 0 saturated carbocycles. The fourth-order valence-corrected chi connectivity index (χ4v) is 1.63. The molecule has 0 aromatic rings. The summed E-state index contributed by atoms with van der Waals surface area (Å²) >= 11 is 0. The molecule has 1 rings (SSSR count). The van der Waals surface area contributed by atoms with Crippen LogP contribution < -0.4 is 0 Å². The lowest BCUT2D eigenvalue weighted by Crippen LogP contribution is -2.29. The summed E-state index contributed by atoms with van der Waals surface area (Å²) in [5, 5.41) is 9.41. The van der Waals surface area contributed by atoms with Gasteiger partial charge in [-0.3, -0.25) is 4.90 Å². The lowest BCUT2D eigenvalue weighted by Gasteiger charge is -2.18. The highest BCUT2D eigenvalue weighted by atomic mass is 16.3. The van der Waals surface area contributed by atoms with Crippen molar-refractivity contribution < 1.29 is 5.11 Å². The van der Waals surface area contributed by atoms with E-state index in [1.54, 1.807) is 0 Å². The van der Waals surface area contributed by atoms with Crippen LogP contribution in [0.3, 0.4) is 0 Å². The van der Waals surface area contributed by atoms with Gasteiger partial charge in [-0.15, -0.1) is 0 Å². The second-order valence-corrected chi connectivity index (χ2v) is 3.37. The molecule has 11 heavy (non-hydrogen) atoms. The van der Waals surface area contributed by atoms with Gasteiger partial charge in [-0.25, -0.2) is 0 Å². The van der Waals surface area contributed by atoms with Crippen molar-refractivity contribution in [1.82, 2.24) is 4.90 Å². The molecule has 0 aromatic heterocycles. The molecular formula is C9H19NO. The molecule has 0 bridgehead atoms. The molecule has 1 N–H and O–H groups in total. The highest BCUT2D eigenvalue weighted by molar-refractivity contribution is 4.69. The highest BCUT2D eigenvalue weighted by Gasteiger charge is 2.20. The number of likely N-dealkylation sites (tertiary alicyclic amines) is 1. The van der Waals surface area contributed by atoms with E-state index in [0.717, 1.165) is 19.5 Å². The summed E-state index contributed by atoms with van der Waals surface area (Å²) in [5.74, 6) is 0. The molecule has 1 aliphatic heterocycles. The predicted molar refractivity (Wildman–Crippen MR) is 46.3 cm³/mol. The molecule has 66 valence electrons. The Morgan fingerprint density at radius 3 is 2.82 bits per heavy atom. The zero-order valence-electron chi connectivity index (χ0n) is 7.42. The van der Waals surface area contributed by atoms with Crippen molar-refractivity contribution in [1.29, 1.82) is 0 Å². The standard InChI is InChI=1S/C9H19NO/c1-2-3-4-7-10-8-5-6-9(10)11/h9,11H,2-8H2,1H3. The Hall–Kier alpha value is -0.0800. The molecule has 2 nitrogen and oxygen atoms in total. The topological polar surface area (TPSA) is 23.5 Å². The monoisotopic (exact) mass is 157 g/mol. The summed E-state index contributed by atoms with van der Waals surface area (Å²) in [4.78, 5) is 2.19. The van der Waals surface area contributed by atoms with Gasteiger partial charge in [-0.1, -0.05) is 19.8 Å². The van der Waals surface area contributed by atoms with Crippen LogP contribution in [-0.2, 0) is 0 Å². The summed E-state index contributed by atoms with van der Waals surface area (Å²) < 4.78 is 0. The molecule has 1 fully saturated rings. The van der Waals surface area contributed by atoms with Crippen molar-refractivity contribution in [2.24, 2.45) is 0 Å². The normalized spacial score (nSPS) is 26.2. The number of unbranched alkanes of at least 4 members (excludes halogenated alkanes) is 2. The van der Waals surface area contributed by atoms with Gasteiger partial charge in [-0.05, 0) is 19.3 Å². The third-order valence-corrected chi connectivity index (χ3v) is 2.38. The lowest BCUT2D eigenvalue weighted by molar-refractivity contribution is 0.0373. The van der Waals surface area contributed by atoms with Crippen molar-refractivity contribution in [3.63, 3.8) is 0 Å². The van der Waals surface area contributed by atoms with Crippen LogP contribution in [0.25, 0.3) is 0 Å². The van der Waals surface area contributed by atoms with Crippen LogP contribution in [0.2, 0.25) is 0 Å². The van der Waals surface area contributed by atoms with Gasteiger partial charge >= 0.3 is 0 Å². The molecule has 1 aliphatic rings. The minimum Gasteiger partial charge on any atom is -0.378 e. The highest BCUT2D eigenvalue weighted by Crippen LogP contribution is 2.14. The summed E-state index contributed by atoms with van der Waals surface area (Å²) in [6, 6.07) is 0. The van der Waals surface area contributed by atoms with Gasteiger partial charge in [-0.2, -0.15) is 0 Å². The Balaban J connectivity index is 2.05. The van der Waals surface area contributed by atoms with Gasteiger partial charge in [0.05, 0.1) is 0 Å². The van der Waals surface area contributed by atoms with Crippen LogP contribution in [0, 0.1) is 0 Å². The SMILES string of the molecule is CCCCCN1CCCC1O. The van der Waals surface area contributed by atoms with Gasteiger partial charge in [0, 0.05) is 13.1 Å². The van der Waals surface area contributed by atoms with Crippen molar-refractivity contribution in [3.8, 4) is 0 Å². The molecule has 1 heterocycles. The molecule has 0 amide bonds. The average Bonchev–Trinajstić information content (AvgIpc) is 2.37. The minimum absolute atomic E-state index is 0.133. The van der Waals surface area contributed by atoms with E-state index in [1.807, 2.05) is 0 Å². The van der Waals surface area contributed by atoms with E-state index >= 15 is 0 Å². The summed E-state index contributed by atoms with van der Waals surface area (Å²) in [6.07, 6.45) is 5.83. The van der Waals surface area contributed by atoms with Crippen LogP contribution in [0.4, 0.5) is 0 Å². The molecule has 0 aliphatic carbocycles. The number of aliphatic hydroxyl groups is 1. The van der Waals surface area contributed by atoms with Crippen LogP contribution in [0.15, 0.2) is 0 Å². The van der Waals surface area contributed by atoms with Crippen molar-refractivity contribution in [3.05, 3.63) is 0 Å². The van der Waals surface area contributed by atoms with Crippen molar-refractivity contribution in [2.75, 3.05) is 13.1 Å². The Kier molecular flexibility index (Phi) is 3.87. The van der Waals surface area contributed by atoms with Gasteiger partial charge in [0.1, 0.15) is 6.23 Å². The van der Waals surface area contributed by atoms with Crippen LogP contribution >= 0.6 is 0 Å². The third kappa shape index (κ3) is 2.80. The Labute approximate surface area is 69.2 Å². The number of hydrogen-bond acceptors (Lipinski definition) is 2. The largest absolute Gasteiger partial charge is 0.378 e.